The van der Waals surface area contributed by atoms with Crippen LogP contribution in [0.3, 0.4) is 0 Å². The molecule has 33 heavy (non-hydrogen) atoms. The van der Waals surface area contributed by atoms with E-state index in [2.05, 4.69) is 0 Å². The summed E-state index contributed by atoms with van der Waals surface area (Å²) < 4.78 is 5.33. The van der Waals surface area contributed by atoms with Crippen molar-refractivity contribution >= 4 is 312 Å². The van der Waals surface area contributed by atoms with Crippen LogP contribution in [0.5, 0.6) is 5.75 Å². The van der Waals surface area contributed by atoms with Crippen LogP contribution >= 0.6 is 0 Å². The van der Waals surface area contributed by atoms with E-state index in [9.17, 15) is 14.7 Å². The third kappa shape index (κ3) is 18.4. The maximum atomic E-state index is 12.4. The number of ketones is 1. The molecule has 0 aliphatic carbocycles. The van der Waals surface area contributed by atoms with Gasteiger partial charge in [0.05, 0.1) is 10.9 Å². The normalized spacial score (nSPS) is 8.52. The van der Waals surface area contributed by atoms with Gasteiger partial charge in [0.1, 0.15) is 17.1 Å². The first-order chi connectivity index (χ1) is 11.1. The summed E-state index contributed by atoms with van der Waals surface area (Å²) in [6.07, 6.45) is 0.126. The number of fused-ring (bicyclic) bond motifs is 1. The number of carbonyl (C=O) groups excluding carboxylic acids is 1. The number of hydrogen-bond acceptors (Lipinski definition) is 4. The van der Waals surface area contributed by atoms with Gasteiger partial charge >= 0.3 is 301 Å². The third-order valence-electron chi connectivity index (χ3n) is 3.86. The van der Waals surface area contributed by atoms with Crippen molar-refractivity contribution in [2.45, 2.75) is 19.3 Å². The molecule has 0 saturated heterocycles. The van der Waals surface area contributed by atoms with Gasteiger partial charge in [-0.05, 0) is 24.6 Å². The van der Waals surface area contributed by atoms with Crippen molar-refractivity contribution < 1.29 is 14.3 Å². The minimum absolute atomic E-state index is 0. The molecule has 3 aromatic rings. The predicted molar refractivity (Wildman–Crippen MR) is 159 cm³/mol. The fourth-order valence-electron chi connectivity index (χ4n) is 2.81. The van der Waals surface area contributed by atoms with Crippen molar-refractivity contribution in [3.05, 3.63) is 76.1 Å². The van der Waals surface area contributed by atoms with Crippen LogP contribution in [0.1, 0.15) is 30.4 Å². The van der Waals surface area contributed by atoms with Crippen molar-refractivity contribution in [1.29, 1.82) is 0 Å². The zero-order valence-electron chi connectivity index (χ0n) is 12.7. The van der Waals surface area contributed by atoms with Crippen LogP contribution in [0.25, 0.3) is 11.0 Å². The van der Waals surface area contributed by atoms with E-state index >= 15 is 0 Å². The van der Waals surface area contributed by atoms with Crippen LogP contribution in [0.2, 0.25) is 0 Å². The van der Waals surface area contributed by atoms with Gasteiger partial charge in [0.25, 0.3) is 0 Å². The Hall–Kier alpha value is 7.12. The Morgan fingerprint density at radius 3 is 1.73 bits per heavy atom. The Morgan fingerprint density at radius 2 is 1.24 bits per heavy atom. The first-order valence-corrected chi connectivity index (χ1v) is 7.37. The zero-order chi connectivity index (χ0) is 16.4. The number of aromatic hydroxyl groups is 1. The summed E-state index contributed by atoms with van der Waals surface area (Å²) in [5, 5.41) is 11.1. The molecule has 1 unspecified atom stereocenters. The molecule has 0 aliphatic rings. The SMILES string of the molecule is CC(=O)CC(c1ccccc1)c1c(O)c2ccccc2oc1=O.[NaH].[NaH].[NaH].[NaH].[NaH].[NaH].[NaH].[NaH].[NaH].[NaH]. The van der Waals surface area contributed by atoms with E-state index < -0.39 is 11.5 Å². The molecule has 3 rings (SSSR count). The molecule has 0 radical (unpaired) electrons. The predicted octanol–water partition coefficient (Wildman–Crippen LogP) is -2.88. The molecule has 2 aromatic carbocycles. The van der Waals surface area contributed by atoms with Crippen LogP contribution < -0.4 is 5.63 Å². The molecule has 0 bridgehead atoms. The van der Waals surface area contributed by atoms with E-state index in [0.29, 0.717) is 11.0 Å². The van der Waals surface area contributed by atoms with Gasteiger partial charge in [-0.3, -0.25) is 4.79 Å². The molecule has 0 amide bonds. The molecule has 14 heteroatoms. The average molecular weight is 548 g/mol. The number of para-hydroxylation sites is 1. The van der Waals surface area contributed by atoms with E-state index in [-0.39, 0.29) is 319 Å². The topological polar surface area (TPSA) is 67.5 Å². The summed E-state index contributed by atoms with van der Waals surface area (Å²) in [6, 6.07) is 16.0. The summed E-state index contributed by atoms with van der Waals surface area (Å²) >= 11 is 0. The molecule has 1 atom stereocenters. The molecule has 1 aromatic heterocycles. The van der Waals surface area contributed by atoms with Crippen molar-refractivity contribution in [1.82, 2.24) is 0 Å². The molecule has 1 heterocycles. The monoisotopic (exact) mass is 548 g/mol. The summed E-state index contributed by atoms with van der Waals surface area (Å²) in [5.41, 5.74) is 0.635. The summed E-state index contributed by atoms with van der Waals surface area (Å²) in [5.74, 6) is -0.715. The van der Waals surface area contributed by atoms with Crippen molar-refractivity contribution in [3.8, 4) is 5.75 Å². The quantitative estimate of drug-likeness (QED) is 0.282. The Morgan fingerprint density at radius 1 is 0.788 bits per heavy atom. The molecule has 0 fully saturated rings. The first kappa shape index (κ1) is 59.5. The third-order valence-corrected chi connectivity index (χ3v) is 3.86. The molecule has 0 aliphatic heterocycles. The van der Waals surface area contributed by atoms with Gasteiger partial charge in [0, 0.05) is 12.3 Å². The zero-order valence-corrected chi connectivity index (χ0v) is 12.7. The molecule has 4 nitrogen and oxygen atoms in total. The van der Waals surface area contributed by atoms with Gasteiger partial charge < -0.3 is 9.52 Å². The molecular weight excluding hydrogens is 522 g/mol. The Balaban J connectivity index is -0.000000104. The maximum absolute atomic E-state index is 12.4. The van der Waals surface area contributed by atoms with E-state index in [0.717, 1.165) is 5.56 Å². The summed E-state index contributed by atoms with van der Waals surface area (Å²) in [6.45, 7) is 1.47. The molecule has 0 saturated carbocycles. The second-order valence-electron chi connectivity index (χ2n) is 5.52. The first-order valence-electron chi connectivity index (χ1n) is 7.37. The molecule has 1 N–H and O–H groups in total. The van der Waals surface area contributed by atoms with Gasteiger partial charge in [0.15, 0.2) is 0 Å². The van der Waals surface area contributed by atoms with Gasteiger partial charge in [-0.25, -0.2) is 4.79 Å². The number of benzene rings is 2. The van der Waals surface area contributed by atoms with E-state index in [1.807, 2.05) is 30.3 Å². The summed E-state index contributed by atoms with van der Waals surface area (Å²) in [4.78, 5) is 24.1. The Bertz CT molecular complexity index is 939. The Labute approximate surface area is 417 Å². The van der Waals surface area contributed by atoms with E-state index in [4.69, 9.17) is 4.42 Å². The molecular formula is C19H26Na10O4. The van der Waals surface area contributed by atoms with Crippen LogP contribution in [0, 0.1) is 0 Å². The fourth-order valence-corrected chi connectivity index (χ4v) is 2.81. The van der Waals surface area contributed by atoms with Crippen molar-refractivity contribution in [2.75, 3.05) is 0 Å². The van der Waals surface area contributed by atoms with E-state index in [1.54, 1.807) is 24.3 Å². The standard InChI is InChI=1S/C19H16O4.10Na.10H/c1-12(20)11-15(13-7-3-2-4-8-13)17-18(21)14-9-5-6-10-16(14)23-19(17)22;;;;;;;;;;;;;;;;;;;;/h2-10,15,21H,11H2,1H3;;;;;;;;;;;;;;;;;;;;. The van der Waals surface area contributed by atoms with Gasteiger partial charge in [-0.15, -0.1) is 0 Å². The van der Waals surface area contributed by atoms with Gasteiger partial charge in [-0.1, -0.05) is 42.5 Å². The second-order valence-corrected chi connectivity index (χ2v) is 5.52. The molecule has 0 spiro atoms. The second kappa shape index (κ2) is 32.0. The van der Waals surface area contributed by atoms with Crippen molar-refractivity contribution in [2.24, 2.45) is 0 Å². The van der Waals surface area contributed by atoms with Gasteiger partial charge in [-0.2, -0.15) is 0 Å². The van der Waals surface area contributed by atoms with E-state index in [1.165, 1.54) is 6.92 Å². The minimum atomic E-state index is -0.615. The molecule has 136 valence electrons. The number of Topliss-reactive ketones (excluding diaryl/α,β-unsaturated/α-hetero) is 1. The number of carbonyl (C=O) groups is 1. The fraction of sp³-hybridized carbons (Fsp3) is 0.158. The van der Waals surface area contributed by atoms with Gasteiger partial charge in [0.2, 0.25) is 0 Å². The summed E-state index contributed by atoms with van der Waals surface area (Å²) in [7, 11) is 0. The van der Waals surface area contributed by atoms with Crippen LogP contribution in [0.4, 0.5) is 0 Å². The van der Waals surface area contributed by atoms with Crippen LogP contribution in [0.15, 0.2) is 63.8 Å². The number of hydrogen-bond donors (Lipinski definition) is 1. The average Bonchev–Trinajstić information content (AvgIpc) is 2.54. The van der Waals surface area contributed by atoms with Crippen LogP contribution in [-0.2, 0) is 4.79 Å². The van der Waals surface area contributed by atoms with Crippen LogP contribution in [-0.4, -0.2) is 306 Å². The number of rotatable bonds is 4. The Kier molecular flexibility index (Phi) is 57.8. The van der Waals surface area contributed by atoms with Crippen molar-refractivity contribution in [3.63, 3.8) is 0 Å².